The minimum absolute atomic E-state index is 0. The molecular formula is C21H32ClMgNO8. The number of carbonyl (C=O) groups excluding carboxylic acids is 4. The predicted molar refractivity (Wildman–Crippen MR) is 119 cm³/mol. The Morgan fingerprint density at radius 3 is 1.38 bits per heavy atom. The molecule has 0 unspecified atom stereocenters. The van der Waals surface area contributed by atoms with Crippen molar-refractivity contribution in [2.75, 3.05) is 42.5 Å². The van der Waals surface area contributed by atoms with Crippen molar-refractivity contribution in [2.45, 2.75) is 13.8 Å². The zero-order valence-electron chi connectivity index (χ0n) is 20.2. The Hall–Kier alpha value is -2.30. The number of halogens is 1. The van der Waals surface area contributed by atoms with E-state index < -0.39 is 23.9 Å². The molecule has 0 aromatic carbocycles. The second-order valence-corrected chi connectivity index (χ2v) is 5.44. The summed E-state index contributed by atoms with van der Waals surface area (Å²) in [7, 11) is 8.47. The van der Waals surface area contributed by atoms with Crippen LogP contribution in [-0.2, 0) is 38.1 Å². The molecule has 0 spiro atoms. The SMILES string of the molecule is C/C=C(\C)C=C(C(=O)OC)C(=O)OC.COC(=O)C(=C/C=C/N(C)C)C(=O)OC.[CH3-].[Cl-].[Mg+2]. The van der Waals surface area contributed by atoms with Crippen LogP contribution in [0.15, 0.2) is 47.2 Å². The Kier molecular flexibility index (Phi) is 29.3. The molecule has 178 valence electrons. The van der Waals surface area contributed by atoms with Gasteiger partial charge in [-0.1, -0.05) is 11.6 Å². The smallest absolute Gasteiger partial charge is 1.00 e. The average molecular weight is 486 g/mol. The van der Waals surface area contributed by atoms with Gasteiger partial charge in [0.25, 0.3) is 0 Å². The fraction of sp³-hybridized carbons (Fsp3) is 0.381. The van der Waals surface area contributed by atoms with Crippen LogP contribution in [0.2, 0.25) is 0 Å². The van der Waals surface area contributed by atoms with E-state index in [1.165, 1.54) is 40.6 Å². The molecule has 0 fully saturated rings. The fourth-order valence-corrected chi connectivity index (χ4v) is 1.48. The molecule has 11 heteroatoms. The first kappa shape index (κ1) is 40.1. The Bertz CT molecular complexity index is 677. The normalized spacial score (nSPS) is 9.06. The molecule has 0 heterocycles. The summed E-state index contributed by atoms with van der Waals surface area (Å²) in [4.78, 5) is 46.4. The van der Waals surface area contributed by atoms with Crippen LogP contribution in [0.5, 0.6) is 0 Å². The second kappa shape index (κ2) is 23.4. The molecule has 0 aliphatic rings. The third-order valence-corrected chi connectivity index (χ3v) is 3.10. The predicted octanol–water partition coefficient (Wildman–Crippen LogP) is -1.37. The third-order valence-electron chi connectivity index (χ3n) is 3.10. The number of hydrogen-bond donors (Lipinski definition) is 0. The second-order valence-electron chi connectivity index (χ2n) is 5.44. The Morgan fingerprint density at radius 2 is 1.09 bits per heavy atom. The molecule has 0 atom stereocenters. The standard InChI is InChI=1S/C10H15NO4.C10H14O4.CH3.ClH.Mg/c1-11(2)7-5-6-8(9(12)14-3)10(13)15-4;1-5-7(2)6-8(9(11)13-3)10(12)14-4;;;/h5-7H,1-4H3;5-6H,1-4H3;1H3;1H;/q;;-1;;+2/p-1/b2*7-5+;;;. The minimum atomic E-state index is -0.717. The maximum atomic E-state index is 11.1. The average Bonchev–Trinajstić information content (AvgIpc) is 2.72. The van der Waals surface area contributed by atoms with Crippen molar-refractivity contribution in [1.82, 2.24) is 4.90 Å². The molecule has 0 saturated carbocycles. The topological polar surface area (TPSA) is 108 Å². The molecule has 32 heavy (non-hydrogen) atoms. The first-order valence-corrected chi connectivity index (χ1v) is 8.32. The van der Waals surface area contributed by atoms with E-state index in [4.69, 9.17) is 0 Å². The van der Waals surface area contributed by atoms with Crippen LogP contribution in [0, 0.1) is 7.43 Å². The van der Waals surface area contributed by atoms with E-state index in [1.54, 1.807) is 37.1 Å². The number of rotatable bonds is 7. The summed E-state index contributed by atoms with van der Waals surface area (Å²) in [6.07, 6.45) is 7.79. The molecule has 0 aromatic rings. The van der Waals surface area contributed by atoms with E-state index in [0.717, 1.165) is 5.57 Å². The Morgan fingerprint density at radius 1 is 0.750 bits per heavy atom. The quantitative estimate of drug-likeness (QED) is 0.0630. The van der Waals surface area contributed by atoms with Gasteiger partial charge in [-0.05, 0) is 38.3 Å². The molecule has 0 aromatic heterocycles. The van der Waals surface area contributed by atoms with Crippen molar-refractivity contribution in [3.8, 4) is 0 Å². The van der Waals surface area contributed by atoms with Crippen LogP contribution in [0.1, 0.15) is 13.8 Å². The summed E-state index contributed by atoms with van der Waals surface area (Å²) >= 11 is 0. The van der Waals surface area contributed by atoms with Crippen LogP contribution in [0.25, 0.3) is 0 Å². The van der Waals surface area contributed by atoms with Gasteiger partial charge in [-0.15, -0.1) is 0 Å². The molecule has 0 bridgehead atoms. The number of allylic oxidation sites excluding steroid dienone is 5. The molecule has 0 rings (SSSR count). The molecule has 0 saturated heterocycles. The summed E-state index contributed by atoms with van der Waals surface area (Å²) in [5, 5.41) is 0. The van der Waals surface area contributed by atoms with E-state index in [-0.39, 0.29) is 54.0 Å². The number of ether oxygens (including phenoxy) is 4. The van der Waals surface area contributed by atoms with E-state index in [2.05, 4.69) is 18.9 Å². The van der Waals surface area contributed by atoms with Gasteiger partial charge in [0.1, 0.15) is 11.1 Å². The van der Waals surface area contributed by atoms with E-state index in [0.29, 0.717) is 0 Å². The van der Waals surface area contributed by atoms with Crippen LogP contribution < -0.4 is 12.4 Å². The molecular weight excluding hydrogens is 454 g/mol. The monoisotopic (exact) mass is 485 g/mol. The minimum Gasteiger partial charge on any atom is -1.00 e. The first-order chi connectivity index (χ1) is 13.6. The number of nitrogens with zero attached hydrogens (tertiary/aromatic N) is 1. The van der Waals surface area contributed by atoms with Gasteiger partial charge >= 0.3 is 46.9 Å². The molecule has 0 N–H and O–H groups in total. The van der Waals surface area contributed by atoms with Crippen molar-refractivity contribution < 1.29 is 50.5 Å². The third kappa shape index (κ3) is 17.4. The van der Waals surface area contributed by atoms with Gasteiger partial charge in [0.05, 0.1) is 28.4 Å². The van der Waals surface area contributed by atoms with Crippen LogP contribution in [0.3, 0.4) is 0 Å². The van der Waals surface area contributed by atoms with Gasteiger partial charge < -0.3 is 43.7 Å². The largest absolute Gasteiger partial charge is 2.00 e. The molecule has 0 aliphatic carbocycles. The van der Waals surface area contributed by atoms with Gasteiger partial charge in [-0.2, -0.15) is 0 Å². The molecule has 0 radical (unpaired) electrons. The Balaban J connectivity index is -0.000000139. The van der Waals surface area contributed by atoms with Crippen LogP contribution in [0.4, 0.5) is 0 Å². The summed E-state index contributed by atoms with van der Waals surface area (Å²) in [6.45, 7) is 3.57. The van der Waals surface area contributed by atoms with Crippen molar-refractivity contribution in [3.05, 3.63) is 54.7 Å². The summed E-state index contributed by atoms with van der Waals surface area (Å²) in [5.74, 6) is -2.83. The number of hydrogen-bond acceptors (Lipinski definition) is 9. The zero-order valence-corrected chi connectivity index (χ0v) is 22.4. The van der Waals surface area contributed by atoms with Crippen LogP contribution >= 0.6 is 0 Å². The van der Waals surface area contributed by atoms with Crippen molar-refractivity contribution in [1.29, 1.82) is 0 Å². The fourth-order valence-electron chi connectivity index (χ4n) is 1.48. The van der Waals surface area contributed by atoms with Crippen molar-refractivity contribution in [3.63, 3.8) is 0 Å². The van der Waals surface area contributed by atoms with E-state index in [1.807, 2.05) is 14.1 Å². The van der Waals surface area contributed by atoms with Gasteiger partial charge in [0.15, 0.2) is 0 Å². The van der Waals surface area contributed by atoms with Gasteiger partial charge in [-0.25, -0.2) is 19.2 Å². The van der Waals surface area contributed by atoms with Gasteiger partial charge in [-0.3, -0.25) is 0 Å². The first-order valence-electron chi connectivity index (χ1n) is 8.32. The van der Waals surface area contributed by atoms with E-state index >= 15 is 0 Å². The maximum absolute atomic E-state index is 11.1. The number of methoxy groups -OCH3 is 4. The molecule has 0 aliphatic heterocycles. The number of carbonyl (C=O) groups is 4. The zero-order chi connectivity index (χ0) is 23.0. The summed E-state index contributed by atoms with van der Waals surface area (Å²) in [6, 6.07) is 0. The summed E-state index contributed by atoms with van der Waals surface area (Å²) in [5.41, 5.74) is 0.541. The summed E-state index contributed by atoms with van der Waals surface area (Å²) < 4.78 is 17.8. The van der Waals surface area contributed by atoms with Crippen LogP contribution in [-0.4, -0.2) is 94.4 Å². The van der Waals surface area contributed by atoms with Crippen molar-refractivity contribution >= 4 is 46.9 Å². The maximum Gasteiger partial charge on any atom is 2.00 e. The van der Waals surface area contributed by atoms with Gasteiger partial charge in [0, 0.05) is 14.1 Å². The molecule has 9 nitrogen and oxygen atoms in total. The molecule has 0 amide bonds. The van der Waals surface area contributed by atoms with E-state index in [9.17, 15) is 19.2 Å². The number of esters is 4. The van der Waals surface area contributed by atoms with Crippen molar-refractivity contribution in [2.24, 2.45) is 0 Å². The van der Waals surface area contributed by atoms with Gasteiger partial charge in [0.2, 0.25) is 0 Å². The Labute approximate surface area is 213 Å².